The molecule has 0 radical (unpaired) electrons. The highest BCUT2D eigenvalue weighted by molar-refractivity contribution is 7.65. The topological polar surface area (TPSA) is 20.3 Å². The zero-order valence-corrected chi connectivity index (χ0v) is 13.0. The molecule has 2 aliphatic heterocycles. The van der Waals surface area contributed by atoms with Gasteiger partial charge in [-0.25, -0.2) is 0 Å². The second-order valence-electron chi connectivity index (χ2n) is 7.44. The average molecular weight is 281 g/mol. The van der Waals surface area contributed by atoms with E-state index in [9.17, 15) is 4.57 Å². The normalized spacial score (nSPS) is 48.1. The van der Waals surface area contributed by atoms with Crippen molar-refractivity contribution in [2.75, 3.05) is 12.7 Å². The minimum Gasteiger partial charge on any atom is -0.322 e. The molecule has 2 saturated carbocycles. The van der Waals surface area contributed by atoms with Crippen LogP contribution in [0.3, 0.4) is 0 Å². The summed E-state index contributed by atoms with van der Waals surface area (Å²) in [4.78, 5) is 2.72. The van der Waals surface area contributed by atoms with Crippen molar-refractivity contribution >= 4 is 7.14 Å². The third-order valence-corrected chi connectivity index (χ3v) is 10.8. The number of nitrogens with zero attached hydrogens (tertiary/aromatic N) is 1. The maximum atomic E-state index is 13.7. The third-order valence-electron chi connectivity index (χ3n) is 6.60. The van der Waals surface area contributed by atoms with Crippen molar-refractivity contribution in [3.63, 3.8) is 0 Å². The van der Waals surface area contributed by atoms with Crippen LogP contribution in [0, 0.1) is 5.92 Å². The van der Waals surface area contributed by atoms with Crippen LogP contribution in [-0.4, -0.2) is 35.1 Å². The maximum absolute atomic E-state index is 13.7. The molecule has 2 heterocycles. The molecule has 2 aliphatic carbocycles. The van der Waals surface area contributed by atoms with Gasteiger partial charge in [-0.15, -0.1) is 0 Å². The SMILES string of the molecule is O=P1(C2CCCCC2)CCN2C3CCCCC3CC21. The summed E-state index contributed by atoms with van der Waals surface area (Å²) >= 11 is 0. The van der Waals surface area contributed by atoms with E-state index < -0.39 is 7.14 Å². The fraction of sp³-hybridized carbons (Fsp3) is 1.00. The largest absolute Gasteiger partial charge is 0.322 e. The lowest BCUT2D eigenvalue weighted by Gasteiger charge is -2.32. The van der Waals surface area contributed by atoms with E-state index in [-0.39, 0.29) is 0 Å². The molecule has 4 unspecified atom stereocenters. The van der Waals surface area contributed by atoms with E-state index in [1.807, 2.05) is 0 Å². The van der Waals surface area contributed by atoms with Gasteiger partial charge in [-0.3, -0.25) is 4.90 Å². The van der Waals surface area contributed by atoms with Gasteiger partial charge in [0.2, 0.25) is 0 Å². The number of rotatable bonds is 1. The summed E-state index contributed by atoms with van der Waals surface area (Å²) in [7, 11) is -1.90. The molecule has 2 saturated heterocycles. The van der Waals surface area contributed by atoms with Crippen LogP contribution in [-0.2, 0) is 4.57 Å². The Morgan fingerprint density at radius 1 is 0.895 bits per heavy atom. The van der Waals surface area contributed by atoms with E-state index in [2.05, 4.69) is 4.90 Å². The molecule has 4 atom stereocenters. The van der Waals surface area contributed by atoms with Crippen LogP contribution in [0.2, 0.25) is 0 Å². The van der Waals surface area contributed by atoms with Crippen LogP contribution in [0.25, 0.3) is 0 Å². The summed E-state index contributed by atoms with van der Waals surface area (Å²) in [5.41, 5.74) is 0.608. The smallest absolute Gasteiger partial charge is 0.108 e. The first-order valence-electron chi connectivity index (χ1n) is 8.63. The first-order chi connectivity index (χ1) is 9.29. The van der Waals surface area contributed by atoms with Crippen LogP contribution >= 0.6 is 7.14 Å². The third kappa shape index (κ3) is 1.97. The molecule has 0 amide bonds. The lowest BCUT2D eigenvalue weighted by Crippen LogP contribution is -2.35. The van der Waals surface area contributed by atoms with Gasteiger partial charge in [0.25, 0.3) is 0 Å². The van der Waals surface area contributed by atoms with Crippen molar-refractivity contribution in [2.24, 2.45) is 5.92 Å². The number of hydrogen-bond acceptors (Lipinski definition) is 2. The van der Waals surface area contributed by atoms with Gasteiger partial charge in [-0.05, 0) is 38.0 Å². The molecule has 0 aromatic rings. The van der Waals surface area contributed by atoms with Crippen LogP contribution in [0.1, 0.15) is 64.2 Å². The quantitative estimate of drug-likeness (QED) is 0.668. The molecular formula is C16H28NOP. The van der Waals surface area contributed by atoms with Crippen molar-refractivity contribution in [1.29, 1.82) is 0 Å². The molecule has 4 rings (SSSR count). The van der Waals surface area contributed by atoms with Gasteiger partial charge in [0.05, 0.1) is 5.78 Å². The van der Waals surface area contributed by atoms with E-state index in [1.54, 1.807) is 0 Å². The zero-order valence-electron chi connectivity index (χ0n) is 12.1. The molecule has 3 heteroatoms. The predicted molar refractivity (Wildman–Crippen MR) is 80.2 cm³/mol. The molecule has 2 nitrogen and oxygen atoms in total. The molecule has 4 aliphatic rings. The molecule has 0 aromatic heterocycles. The average Bonchev–Trinajstić information content (AvgIpc) is 2.99. The van der Waals surface area contributed by atoms with Gasteiger partial charge in [-0.1, -0.05) is 32.1 Å². The molecule has 0 aromatic carbocycles. The molecule has 4 fully saturated rings. The Balaban J connectivity index is 1.57. The Hall–Kier alpha value is 0.190. The van der Waals surface area contributed by atoms with E-state index >= 15 is 0 Å². The fourth-order valence-corrected chi connectivity index (χ4v) is 9.99. The van der Waals surface area contributed by atoms with E-state index in [0.717, 1.165) is 18.1 Å². The van der Waals surface area contributed by atoms with Crippen LogP contribution in [0.15, 0.2) is 0 Å². The Bertz CT molecular complexity index is 390. The van der Waals surface area contributed by atoms with Gasteiger partial charge >= 0.3 is 0 Å². The first-order valence-corrected chi connectivity index (χ1v) is 10.7. The monoisotopic (exact) mass is 281 g/mol. The van der Waals surface area contributed by atoms with Gasteiger partial charge in [0, 0.05) is 24.4 Å². The second-order valence-corrected chi connectivity index (χ2v) is 10.9. The highest BCUT2D eigenvalue weighted by Crippen LogP contribution is 2.68. The molecule has 0 spiro atoms. The van der Waals surface area contributed by atoms with Crippen molar-refractivity contribution in [2.45, 2.75) is 81.7 Å². The second kappa shape index (κ2) is 4.88. The lowest BCUT2D eigenvalue weighted by atomic mass is 9.85. The summed E-state index contributed by atoms with van der Waals surface area (Å²) in [6.45, 7) is 1.17. The van der Waals surface area contributed by atoms with Gasteiger partial charge in [0.15, 0.2) is 0 Å². The molecule has 0 N–H and O–H groups in total. The van der Waals surface area contributed by atoms with Crippen molar-refractivity contribution in [1.82, 2.24) is 4.90 Å². The summed E-state index contributed by atoms with van der Waals surface area (Å²) in [5.74, 6) is 1.42. The first kappa shape index (κ1) is 12.9. The highest BCUT2D eigenvalue weighted by Gasteiger charge is 2.55. The van der Waals surface area contributed by atoms with Crippen molar-refractivity contribution in [3.8, 4) is 0 Å². The Morgan fingerprint density at radius 2 is 1.63 bits per heavy atom. The molecule has 0 bridgehead atoms. The van der Waals surface area contributed by atoms with Crippen LogP contribution < -0.4 is 0 Å². The molecule has 19 heavy (non-hydrogen) atoms. The van der Waals surface area contributed by atoms with Crippen molar-refractivity contribution in [3.05, 3.63) is 0 Å². The number of fused-ring (bicyclic) bond motifs is 3. The van der Waals surface area contributed by atoms with E-state index in [4.69, 9.17) is 0 Å². The summed E-state index contributed by atoms with van der Waals surface area (Å²) in [6.07, 6.45) is 14.6. The Kier molecular flexibility index (Phi) is 3.31. The summed E-state index contributed by atoms with van der Waals surface area (Å²) < 4.78 is 13.7. The van der Waals surface area contributed by atoms with Gasteiger partial charge in [0.1, 0.15) is 7.14 Å². The van der Waals surface area contributed by atoms with Crippen LogP contribution in [0.4, 0.5) is 0 Å². The summed E-state index contributed by atoms with van der Waals surface area (Å²) in [6, 6.07) is 0.818. The van der Waals surface area contributed by atoms with Crippen LogP contribution in [0.5, 0.6) is 0 Å². The summed E-state index contributed by atoms with van der Waals surface area (Å²) in [5, 5.41) is 0. The van der Waals surface area contributed by atoms with E-state index in [0.29, 0.717) is 11.4 Å². The Labute approximate surface area is 117 Å². The predicted octanol–water partition coefficient (Wildman–Crippen LogP) is 4.29. The van der Waals surface area contributed by atoms with Crippen molar-refractivity contribution < 1.29 is 4.57 Å². The zero-order chi connectivity index (χ0) is 12.9. The minimum absolute atomic E-state index is 0.517. The van der Waals surface area contributed by atoms with Gasteiger partial charge < -0.3 is 4.57 Å². The van der Waals surface area contributed by atoms with Gasteiger partial charge in [-0.2, -0.15) is 0 Å². The lowest BCUT2D eigenvalue weighted by molar-refractivity contribution is 0.190. The minimum atomic E-state index is -1.90. The standard InChI is InChI=1S/C16H28NOP/c18-19(14-7-2-1-3-8-14)11-10-17-15-9-5-4-6-13(15)12-16(17)19/h13-16H,1-12H2. The highest BCUT2D eigenvalue weighted by atomic mass is 31.2. The van der Waals surface area contributed by atoms with E-state index in [1.165, 1.54) is 70.8 Å². The Morgan fingerprint density at radius 3 is 2.47 bits per heavy atom. The number of hydrogen-bond donors (Lipinski definition) is 0. The molecule has 108 valence electrons. The maximum Gasteiger partial charge on any atom is 0.108 e. The molecular weight excluding hydrogens is 253 g/mol. The fourth-order valence-electron chi connectivity index (χ4n) is 5.64.